The average Bonchev–Trinajstić information content (AvgIpc) is 3.29. The van der Waals surface area contributed by atoms with Crippen molar-refractivity contribution < 1.29 is 9.59 Å². The van der Waals surface area contributed by atoms with E-state index in [9.17, 15) is 9.59 Å². The van der Waals surface area contributed by atoms with Crippen LogP contribution in [-0.4, -0.2) is 67.7 Å². The molecule has 0 aliphatic carbocycles. The van der Waals surface area contributed by atoms with Crippen molar-refractivity contribution in [2.75, 3.05) is 26.2 Å². The lowest BCUT2D eigenvalue weighted by molar-refractivity contribution is -0.141. The summed E-state index contributed by atoms with van der Waals surface area (Å²) in [5, 5.41) is 0. The normalized spacial score (nSPS) is 20.7. The van der Waals surface area contributed by atoms with Crippen LogP contribution in [-0.2, 0) is 16.0 Å². The zero-order valence-corrected chi connectivity index (χ0v) is 16.9. The van der Waals surface area contributed by atoms with E-state index in [1.807, 2.05) is 16.0 Å². The largest absolute Gasteiger partial charge is 0.343 e. The predicted octanol–water partition coefficient (Wildman–Crippen LogP) is 1.91. The summed E-state index contributed by atoms with van der Waals surface area (Å²) in [5.74, 6) is 1.55. The molecule has 0 aromatic carbocycles. The maximum atomic E-state index is 13.0. The molecule has 0 spiro atoms. The maximum absolute atomic E-state index is 13.0. The van der Waals surface area contributed by atoms with Crippen LogP contribution in [0.15, 0.2) is 24.8 Å². The van der Waals surface area contributed by atoms with Gasteiger partial charge in [-0.2, -0.15) is 0 Å². The van der Waals surface area contributed by atoms with Crippen molar-refractivity contribution in [1.82, 2.24) is 29.7 Å². The van der Waals surface area contributed by atoms with Gasteiger partial charge in [-0.15, -0.1) is 0 Å². The Morgan fingerprint density at radius 2 is 1.90 bits per heavy atom. The van der Waals surface area contributed by atoms with E-state index in [-0.39, 0.29) is 17.7 Å². The van der Waals surface area contributed by atoms with Gasteiger partial charge in [0.05, 0.1) is 11.9 Å². The van der Waals surface area contributed by atoms with Crippen LogP contribution in [0.3, 0.4) is 0 Å². The molecule has 2 aromatic heterocycles. The summed E-state index contributed by atoms with van der Waals surface area (Å²) in [7, 11) is 0. The van der Waals surface area contributed by atoms with Gasteiger partial charge < -0.3 is 14.8 Å². The average molecular weight is 396 g/mol. The summed E-state index contributed by atoms with van der Waals surface area (Å²) in [5.41, 5.74) is 1.69. The van der Waals surface area contributed by atoms with Gasteiger partial charge in [0, 0.05) is 57.6 Å². The van der Waals surface area contributed by atoms with E-state index < -0.39 is 0 Å². The fourth-order valence-corrected chi connectivity index (χ4v) is 4.41. The van der Waals surface area contributed by atoms with Crippen LogP contribution >= 0.6 is 0 Å². The molecule has 8 nitrogen and oxygen atoms in total. The lowest BCUT2D eigenvalue weighted by Crippen LogP contribution is -2.47. The van der Waals surface area contributed by atoms with E-state index in [2.05, 4.69) is 19.9 Å². The minimum Gasteiger partial charge on any atom is -0.343 e. The molecule has 29 heavy (non-hydrogen) atoms. The second-order valence-electron chi connectivity index (χ2n) is 8.11. The number of piperidine rings is 2. The Labute approximate surface area is 170 Å². The molecule has 4 rings (SSSR count). The lowest BCUT2D eigenvalue weighted by atomic mass is 9.90. The van der Waals surface area contributed by atoms with Crippen LogP contribution < -0.4 is 0 Å². The number of rotatable bonds is 4. The van der Waals surface area contributed by atoms with Crippen molar-refractivity contribution in [2.45, 2.75) is 39.0 Å². The summed E-state index contributed by atoms with van der Waals surface area (Å²) in [6.45, 7) is 4.61. The maximum Gasteiger partial charge on any atom is 0.225 e. The molecular weight excluding hydrogens is 368 g/mol. The van der Waals surface area contributed by atoms with Gasteiger partial charge in [0.1, 0.15) is 5.69 Å². The summed E-state index contributed by atoms with van der Waals surface area (Å²) >= 11 is 0. The number of carbonyl (C=O) groups excluding carboxylic acids is 2. The zero-order valence-electron chi connectivity index (χ0n) is 16.9. The molecule has 0 unspecified atom stereocenters. The number of likely N-dealkylation sites (tertiary alicyclic amines) is 2. The predicted molar refractivity (Wildman–Crippen MR) is 108 cm³/mol. The van der Waals surface area contributed by atoms with Crippen LogP contribution in [0.2, 0.25) is 0 Å². The Kier molecular flexibility index (Phi) is 5.87. The molecule has 0 bridgehead atoms. The van der Waals surface area contributed by atoms with Crippen LogP contribution in [0.25, 0.3) is 11.5 Å². The molecule has 154 valence electrons. The number of nitrogens with zero attached hydrogens (tertiary/aromatic N) is 5. The molecule has 0 radical (unpaired) electrons. The molecule has 2 saturated heterocycles. The third kappa shape index (κ3) is 4.63. The number of hydrogen-bond donors (Lipinski definition) is 1. The summed E-state index contributed by atoms with van der Waals surface area (Å²) < 4.78 is 0. The zero-order chi connectivity index (χ0) is 20.2. The van der Waals surface area contributed by atoms with Crippen molar-refractivity contribution in [2.24, 2.45) is 11.8 Å². The van der Waals surface area contributed by atoms with E-state index in [1.54, 1.807) is 25.5 Å². The van der Waals surface area contributed by atoms with Gasteiger partial charge in [-0.05, 0) is 38.0 Å². The van der Waals surface area contributed by atoms with Gasteiger partial charge in [-0.25, -0.2) is 9.97 Å². The van der Waals surface area contributed by atoms with Crippen LogP contribution in [0.5, 0.6) is 0 Å². The first-order chi connectivity index (χ1) is 14.1. The third-order valence-electron chi connectivity index (χ3n) is 6.06. The number of aromatic nitrogens is 4. The van der Waals surface area contributed by atoms with Crippen molar-refractivity contribution in [3.63, 3.8) is 0 Å². The fourth-order valence-electron chi connectivity index (χ4n) is 4.41. The highest BCUT2D eigenvalue weighted by molar-refractivity contribution is 5.80. The number of hydrogen-bond acceptors (Lipinski definition) is 5. The molecule has 8 heteroatoms. The molecular formula is C21H28N6O2. The Bertz CT molecular complexity index is 827. The number of imidazole rings is 1. The minimum atomic E-state index is 0.0525. The van der Waals surface area contributed by atoms with E-state index in [1.165, 1.54) is 0 Å². The monoisotopic (exact) mass is 396 g/mol. The smallest absolute Gasteiger partial charge is 0.225 e. The Morgan fingerprint density at radius 1 is 1.07 bits per heavy atom. The number of carbonyl (C=O) groups is 2. The SMILES string of the molecule is CC(=O)N1CCC(C(=O)N2CCC[C@@H](Cc3cnc(-c4ncc[nH]4)cn3)C2)CC1. The molecule has 2 aromatic rings. The molecule has 0 saturated carbocycles. The first kappa shape index (κ1) is 19.5. The van der Waals surface area contributed by atoms with Gasteiger partial charge in [0.15, 0.2) is 5.82 Å². The van der Waals surface area contributed by atoms with Crippen LogP contribution in [0, 0.1) is 11.8 Å². The fraction of sp³-hybridized carbons (Fsp3) is 0.571. The molecule has 1 N–H and O–H groups in total. The van der Waals surface area contributed by atoms with Gasteiger partial charge in [-0.3, -0.25) is 14.6 Å². The Morgan fingerprint density at radius 3 is 2.55 bits per heavy atom. The van der Waals surface area contributed by atoms with Crippen molar-refractivity contribution in [1.29, 1.82) is 0 Å². The number of nitrogens with one attached hydrogen (secondary N) is 1. The summed E-state index contributed by atoms with van der Waals surface area (Å²) in [6, 6.07) is 0. The quantitative estimate of drug-likeness (QED) is 0.852. The van der Waals surface area contributed by atoms with Gasteiger partial charge in [0.25, 0.3) is 0 Å². The second-order valence-corrected chi connectivity index (χ2v) is 8.11. The molecule has 2 fully saturated rings. The lowest BCUT2D eigenvalue weighted by Gasteiger charge is -2.37. The molecule has 2 aliphatic rings. The van der Waals surface area contributed by atoms with Crippen molar-refractivity contribution in [3.8, 4) is 11.5 Å². The highest BCUT2D eigenvalue weighted by Gasteiger charge is 2.32. The van der Waals surface area contributed by atoms with E-state index in [0.717, 1.165) is 56.6 Å². The van der Waals surface area contributed by atoms with Gasteiger partial charge >= 0.3 is 0 Å². The standard InChI is InChI=1S/C21H28N6O2/c1-15(28)26-9-4-17(5-10-26)21(29)27-8-2-3-16(14-27)11-18-12-25-19(13-24-18)20-22-6-7-23-20/h6-7,12-13,16-17H,2-5,8-11,14H2,1H3,(H,22,23)/t16-/m0/s1. The van der Waals surface area contributed by atoms with Gasteiger partial charge in [-0.1, -0.05) is 0 Å². The topological polar surface area (TPSA) is 95.1 Å². The number of amides is 2. The van der Waals surface area contributed by atoms with Crippen molar-refractivity contribution in [3.05, 3.63) is 30.5 Å². The summed E-state index contributed by atoms with van der Waals surface area (Å²) in [6.07, 6.45) is 11.6. The molecule has 2 aliphatic heterocycles. The van der Waals surface area contributed by atoms with Gasteiger partial charge in [0.2, 0.25) is 11.8 Å². The van der Waals surface area contributed by atoms with E-state index in [0.29, 0.717) is 24.8 Å². The first-order valence-electron chi connectivity index (χ1n) is 10.4. The Balaban J connectivity index is 1.31. The number of H-pyrrole nitrogens is 1. The molecule has 1 atom stereocenters. The molecule has 4 heterocycles. The van der Waals surface area contributed by atoms with Crippen LogP contribution in [0.1, 0.15) is 38.3 Å². The van der Waals surface area contributed by atoms with E-state index >= 15 is 0 Å². The molecule has 2 amide bonds. The highest BCUT2D eigenvalue weighted by atomic mass is 16.2. The van der Waals surface area contributed by atoms with Crippen molar-refractivity contribution >= 4 is 11.8 Å². The Hall–Kier alpha value is -2.77. The number of aromatic amines is 1. The highest BCUT2D eigenvalue weighted by Crippen LogP contribution is 2.25. The summed E-state index contributed by atoms with van der Waals surface area (Å²) in [4.78, 5) is 44.6. The second kappa shape index (κ2) is 8.71. The third-order valence-corrected chi connectivity index (χ3v) is 6.06. The minimum absolute atomic E-state index is 0.0525. The van der Waals surface area contributed by atoms with Crippen LogP contribution in [0.4, 0.5) is 0 Å². The van der Waals surface area contributed by atoms with E-state index in [4.69, 9.17) is 0 Å². The first-order valence-corrected chi connectivity index (χ1v) is 10.4.